The molecule has 0 saturated carbocycles. The number of ether oxygens (including phenoxy) is 1. The van der Waals surface area contributed by atoms with Gasteiger partial charge in [-0.15, -0.1) is 0 Å². The van der Waals surface area contributed by atoms with Crippen LogP contribution in [-0.4, -0.2) is 35.4 Å². The van der Waals surface area contributed by atoms with Gasteiger partial charge in [0.05, 0.1) is 5.60 Å². The molecule has 2 heterocycles. The molecule has 3 atom stereocenters. The highest BCUT2D eigenvalue weighted by molar-refractivity contribution is 5.08. The van der Waals surface area contributed by atoms with Crippen molar-refractivity contribution in [3.63, 3.8) is 0 Å². The topological polar surface area (TPSA) is 36.6 Å². The molecule has 134 valence electrons. The van der Waals surface area contributed by atoms with Gasteiger partial charge < -0.3 is 15.4 Å². The lowest BCUT2D eigenvalue weighted by Crippen LogP contribution is -2.49. The van der Waals surface area contributed by atoms with Crippen LogP contribution in [-0.2, 0) is 4.74 Å². The van der Waals surface area contributed by atoms with E-state index in [-0.39, 0.29) is 16.7 Å². The van der Waals surface area contributed by atoms with Gasteiger partial charge in [0.25, 0.3) is 0 Å². The number of hydrogen-bond donors (Lipinski definition) is 2. The number of nitrogens with one attached hydrogen (secondary N) is 2. The standard InChI is InChI=1S/C20H38N2O/c1-7-12-20(6)17(23-20)16-11-8-9-15-21-18(2,3)13-10-14-19(4,5)22-16/h10,13,16-17,21-22H,7-9,11-12,14-15H2,1-6H3. The van der Waals surface area contributed by atoms with E-state index in [9.17, 15) is 0 Å². The van der Waals surface area contributed by atoms with Crippen LogP contribution >= 0.6 is 0 Å². The van der Waals surface area contributed by atoms with Crippen LogP contribution in [0, 0.1) is 0 Å². The minimum Gasteiger partial charge on any atom is -0.365 e. The van der Waals surface area contributed by atoms with Gasteiger partial charge in [-0.05, 0) is 66.8 Å². The van der Waals surface area contributed by atoms with Crippen LogP contribution in [0.4, 0.5) is 0 Å². The van der Waals surface area contributed by atoms with Crippen molar-refractivity contribution in [3.8, 4) is 0 Å². The zero-order valence-corrected chi connectivity index (χ0v) is 16.2. The highest BCUT2D eigenvalue weighted by Crippen LogP contribution is 2.43. The first kappa shape index (κ1) is 19.0. The first-order valence-corrected chi connectivity index (χ1v) is 9.56. The van der Waals surface area contributed by atoms with E-state index in [4.69, 9.17) is 4.74 Å². The van der Waals surface area contributed by atoms with Gasteiger partial charge in [-0.25, -0.2) is 0 Å². The summed E-state index contributed by atoms with van der Waals surface area (Å²) in [5.74, 6) is 0. The first-order chi connectivity index (χ1) is 10.7. The van der Waals surface area contributed by atoms with E-state index in [2.05, 4.69) is 64.3 Å². The summed E-state index contributed by atoms with van der Waals surface area (Å²) >= 11 is 0. The highest BCUT2D eigenvalue weighted by atomic mass is 16.6. The zero-order valence-electron chi connectivity index (χ0n) is 16.2. The molecule has 0 aliphatic carbocycles. The summed E-state index contributed by atoms with van der Waals surface area (Å²) in [6.07, 6.45) is 12.1. The second kappa shape index (κ2) is 7.25. The van der Waals surface area contributed by atoms with Crippen molar-refractivity contribution in [2.75, 3.05) is 6.54 Å². The Balaban J connectivity index is 2.04. The van der Waals surface area contributed by atoms with Crippen molar-refractivity contribution < 1.29 is 4.74 Å². The molecule has 1 fully saturated rings. The van der Waals surface area contributed by atoms with Crippen LogP contribution in [0.15, 0.2) is 12.2 Å². The Kier molecular flexibility index (Phi) is 5.97. The lowest BCUT2D eigenvalue weighted by molar-refractivity contribution is 0.248. The molecule has 0 radical (unpaired) electrons. The molecular formula is C20H38N2O. The predicted octanol–water partition coefficient (Wildman–Crippen LogP) is 4.18. The van der Waals surface area contributed by atoms with Crippen LogP contribution in [0.2, 0.25) is 0 Å². The SMILES string of the molecule is CCCC1(C)OC1C1CCCCNC(C)(C)C=CCC(C)(C)N1. The molecule has 3 unspecified atom stereocenters. The molecule has 2 aliphatic rings. The Morgan fingerprint density at radius 1 is 1.13 bits per heavy atom. The van der Waals surface area contributed by atoms with E-state index in [0.29, 0.717) is 12.1 Å². The number of hydrogen-bond acceptors (Lipinski definition) is 3. The van der Waals surface area contributed by atoms with Crippen LogP contribution in [0.1, 0.15) is 80.1 Å². The third kappa shape index (κ3) is 5.58. The smallest absolute Gasteiger partial charge is 0.102 e. The summed E-state index contributed by atoms with van der Waals surface area (Å²) in [4.78, 5) is 0. The van der Waals surface area contributed by atoms with Crippen molar-refractivity contribution in [3.05, 3.63) is 12.2 Å². The van der Waals surface area contributed by atoms with E-state index in [0.717, 1.165) is 13.0 Å². The Labute approximate surface area is 143 Å². The molecule has 0 spiro atoms. The Morgan fingerprint density at radius 2 is 1.87 bits per heavy atom. The van der Waals surface area contributed by atoms with Crippen molar-refractivity contribution >= 4 is 0 Å². The van der Waals surface area contributed by atoms with Gasteiger partial charge in [-0.3, -0.25) is 0 Å². The van der Waals surface area contributed by atoms with Gasteiger partial charge in [-0.2, -0.15) is 0 Å². The summed E-state index contributed by atoms with van der Waals surface area (Å²) in [6.45, 7) is 14.8. The normalized spacial score (nSPS) is 37.7. The molecule has 1 saturated heterocycles. The third-order valence-electron chi connectivity index (χ3n) is 5.31. The van der Waals surface area contributed by atoms with E-state index in [1.54, 1.807) is 0 Å². The van der Waals surface area contributed by atoms with Gasteiger partial charge >= 0.3 is 0 Å². The second-order valence-electron chi connectivity index (χ2n) is 8.99. The van der Waals surface area contributed by atoms with E-state index in [1.807, 2.05) is 0 Å². The van der Waals surface area contributed by atoms with Gasteiger partial charge in [-0.1, -0.05) is 31.9 Å². The summed E-state index contributed by atoms with van der Waals surface area (Å²) in [5.41, 5.74) is 0.305. The van der Waals surface area contributed by atoms with Crippen LogP contribution in [0.5, 0.6) is 0 Å². The summed E-state index contributed by atoms with van der Waals surface area (Å²) in [7, 11) is 0. The molecular weight excluding hydrogens is 284 g/mol. The van der Waals surface area contributed by atoms with E-state index < -0.39 is 0 Å². The maximum absolute atomic E-state index is 6.14. The van der Waals surface area contributed by atoms with Crippen molar-refractivity contribution in [1.82, 2.24) is 10.6 Å². The fourth-order valence-corrected chi connectivity index (χ4v) is 3.93. The molecule has 0 aromatic rings. The quantitative estimate of drug-likeness (QED) is 0.604. The second-order valence-corrected chi connectivity index (χ2v) is 8.99. The maximum Gasteiger partial charge on any atom is 0.102 e. The Hall–Kier alpha value is -0.380. The average molecular weight is 323 g/mol. The molecule has 2 aliphatic heterocycles. The van der Waals surface area contributed by atoms with Crippen LogP contribution in [0.3, 0.4) is 0 Å². The largest absolute Gasteiger partial charge is 0.365 e. The predicted molar refractivity (Wildman–Crippen MR) is 98.9 cm³/mol. The Bertz CT molecular complexity index is 416. The summed E-state index contributed by atoms with van der Waals surface area (Å²) in [5, 5.41) is 7.58. The number of rotatable bonds is 3. The van der Waals surface area contributed by atoms with Gasteiger partial charge in [0.15, 0.2) is 0 Å². The van der Waals surface area contributed by atoms with E-state index >= 15 is 0 Å². The van der Waals surface area contributed by atoms with Crippen molar-refractivity contribution in [2.24, 2.45) is 0 Å². The van der Waals surface area contributed by atoms with Gasteiger partial charge in [0.2, 0.25) is 0 Å². The number of epoxide rings is 1. The van der Waals surface area contributed by atoms with Crippen LogP contribution in [0.25, 0.3) is 0 Å². The third-order valence-corrected chi connectivity index (χ3v) is 5.31. The molecule has 2 rings (SSSR count). The minimum atomic E-state index is 0.0913. The van der Waals surface area contributed by atoms with Crippen molar-refractivity contribution in [1.29, 1.82) is 0 Å². The fourth-order valence-electron chi connectivity index (χ4n) is 3.93. The molecule has 0 aromatic carbocycles. The van der Waals surface area contributed by atoms with Crippen molar-refractivity contribution in [2.45, 2.75) is 109 Å². The zero-order chi connectivity index (χ0) is 17.1. The highest BCUT2D eigenvalue weighted by Gasteiger charge is 2.55. The Morgan fingerprint density at radius 3 is 2.57 bits per heavy atom. The molecule has 23 heavy (non-hydrogen) atoms. The van der Waals surface area contributed by atoms with Gasteiger partial charge in [0, 0.05) is 17.1 Å². The molecule has 0 amide bonds. The molecule has 0 bridgehead atoms. The molecule has 3 nitrogen and oxygen atoms in total. The minimum absolute atomic E-state index is 0.0913. The fraction of sp³-hybridized carbons (Fsp3) is 0.900. The lowest BCUT2D eigenvalue weighted by atomic mass is 9.90. The average Bonchev–Trinajstić information content (AvgIpc) is 3.07. The monoisotopic (exact) mass is 322 g/mol. The van der Waals surface area contributed by atoms with Crippen LogP contribution < -0.4 is 10.6 Å². The lowest BCUT2D eigenvalue weighted by Gasteiger charge is -2.32. The first-order valence-electron chi connectivity index (χ1n) is 9.56. The molecule has 0 aromatic heterocycles. The molecule has 2 N–H and O–H groups in total. The van der Waals surface area contributed by atoms with Gasteiger partial charge in [0.1, 0.15) is 6.10 Å². The van der Waals surface area contributed by atoms with E-state index in [1.165, 1.54) is 32.1 Å². The summed E-state index contributed by atoms with van der Waals surface area (Å²) < 4.78 is 6.14. The maximum atomic E-state index is 6.14. The molecule has 3 heteroatoms. The summed E-state index contributed by atoms with van der Waals surface area (Å²) in [6, 6.07) is 0.474.